The predicted octanol–water partition coefficient (Wildman–Crippen LogP) is 2.64. The quantitative estimate of drug-likeness (QED) is 0.459. The normalized spacial score (nSPS) is 11.5. The molecule has 0 aromatic heterocycles. The molecule has 0 spiro atoms. The van der Waals surface area contributed by atoms with Crippen LogP contribution in [0.1, 0.15) is 20.3 Å². The zero-order chi connectivity index (χ0) is 6.41. The smallest absolute Gasteiger partial charge is 0.0548 e. The van der Waals surface area contributed by atoms with Gasteiger partial charge in [-0.2, -0.15) is 0 Å². The molecule has 0 fully saturated rings. The van der Waals surface area contributed by atoms with E-state index in [1.807, 2.05) is 5.41 Å². The second-order valence-corrected chi connectivity index (χ2v) is 2.32. The number of thioether (sulfide) groups is 1. The van der Waals surface area contributed by atoms with Crippen LogP contribution in [0.5, 0.6) is 0 Å². The molecular weight excluding hydrogens is 118 g/mol. The lowest BCUT2D eigenvalue weighted by Gasteiger charge is -1.88. The summed E-state index contributed by atoms with van der Waals surface area (Å²) in [5.74, 6) is 0. The zero-order valence-corrected chi connectivity index (χ0v) is 6.09. The summed E-state index contributed by atoms with van der Waals surface area (Å²) >= 11 is 1.42. The molecule has 0 amide bonds. The van der Waals surface area contributed by atoms with Gasteiger partial charge in [-0.1, -0.05) is 24.3 Å². The summed E-state index contributed by atoms with van der Waals surface area (Å²) in [6.45, 7) is 4.17. The van der Waals surface area contributed by atoms with Crippen LogP contribution in [-0.4, -0.2) is 5.55 Å². The van der Waals surface area contributed by atoms with Gasteiger partial charge >= 0.3 is 0 Å². The summed E-state index contributed by atoms with van der Waals surface area (Å²) in [7, 11) is 0. The number of rotatable bonds is 3. The van der Waals surface area contributed by atoms with Crippen LogP contribution in [0.25, 0.3) is 0 Å². The third-order valence-electron chi connectivity index (χ3n) is 0.895. The Morgan fingerprint density at radius 2 is 2.38 bits per heavy atom. The molecule has 1 N–H and O–H groups in total. The zero-order valence-electron chi connectivity index (χ0n) is 5.27. The van der Waals surface area contributed by atoms with Crippen molar-refractivity contribution in [3.05, 3.63) is 11.0 Å². The van der Waals surface area contributed by atoms with E-state index < -0.39 is 0 Å². The van der Waals surface area contributed by atoms with Crippen molar-refractivity contribution in [3.8, 4) is 0 Å². The van der Waals surface area contributed by atoms with Gasteiger partial charge in [-0.25, -0.2) is 0 Å². The average molecular weight is 129 g/mol. The van der Waals surface area contributed by atoms with Crippen LogP contribution in [0.2, 0.25) is 0 Å². The average Bonchev–Trinajstić information content (AvgIpc) is 1.83. The van der Waals surface area contributed by atoms with Gasteiger partial charge < -0.3 is 5.41 Å². The van der Waals surface area contributed by atoms with Crippen molar-refractivity contribution < 1.29 is 0 Å². The Labute approximate surface area is 54.7 Å². The highest BCUT2D eigenvalue weighted by atomic mass is 32.2. The van der Waals surface area contributed by atoms with Gasteiger partial charge in [0, 0.05) is 0 Å². The van der Waals surface area contributed by atoms with E-state index >= 15 is 0 Å². The molecule has 0 aliphatic rings. The number of hydrogen-bond donors (Lipinski definition) is 1. The predicted molar refractivity (Wildman–Crippen MR) is 40.4 cm³/mol. The number of hydrogen-bond acceptors (Lipinski definition) is 2. The molecule has 0 aliphatic heterocycles. The van der Waals surface area contributed by atoms with E-state index in [4.69, 9.17) is 5.41 Å². The van der Waals surface area contributed by atoms with E-state index in [9.17, 15) is 0 Å². The molecule has 0 aliphatic carbocycles. The fourth-order valence-corrected chi connectivity index (χ4v) is 0.701. The SMILES string of the molecule is CC/C(C)=C\SC=N. The first-order valence-electron chi connectivity index (χ1n) is 2.61. The van der Waals surface area contributed by atoms with Crippen LogP contribution in [0.4, 0.5) is 0 Å². The Balaban J connectivity index is 3.40. The van der Waals surface area contributed by atoms with Gasteiger partial charge in [0.2, 0.25) is 0 Å². The number of allylic oxidation sites excluding steroid dienone is 1. The van der Waals surface area contributed by atoms with Gasteiger partial charge in [0.1, 0.15) is 0 Å². The molecule has 0 aromatic carbocycles. The molecule has 2 heteroatoms. The molecular formula is C6H11NS. The molecule has 46 valence electrons. The van der Waals surface area contributed by atoms with Crippen molar-refractivity contribution in [2.45, 2.75) is 20.3 Å². The monoisotopic (exact) mass is 129 g/mol. The van der Waals surface area contributed by atoms with Crippen molar-refractivity contribution in [3.63, 3.8) is 0 Å². The Kier molecular flexibility index (Phi) is 4.76. The molecule has 1 nitrogen and oxygen atoms in total. The summed E-state index contributed by atoms with van der Waals surface area (Å²) < 4.78 is 0. The molecule has 0 rings (SSSR count). The minimum absolute atomic E-state index is 1.08. The lowest BCUT2D eigenvalue weighted by molar-refractivity contribution is 1.11. The van der Waals surface area contributed by atoms with Crippen LogP contribution in [0.15, 0.2) is 11.0 Å². The maximum atomic E-state index is 6.66. The van der Waals surface area contributed by atoms with Crippen molar-refractivity contribution in [2.75, 3.05) is 0 Å². The largest absolute Gasteiger partial charge is 0.302 e. The molecule has 0 saturated heterocycles. The molecule has 0 bridgehead atoms. The first-order chi connectivity index (χ1) is 3.81. The highest BCUT2D eigenvalue weighted by molar-refractivity contribution is 8.14. The van der Waals surface area contributed by atoms with Crippen LogP contribution >= 0.6 is 11.8 Å². The second-order valence-electron chi connectivity index (χ2n) is 1.57. The number of nitrogens with one attached hydrogen (secondary N) is 1. The van der Waals surface area contributed by atoms with Crippen molar-refractivity contribution >= 4 is 17.3 Å². The van der Waals surface area contributed by atoms with Gasteiger partial charge in [-0.15, -0.1) is 0 Å². The lowest BCUT2D eigenvalue weighted by Crippen LogP contribution is -1.66. The minimum atomic E-state index is 1.08. The topological polar surface area (TPSA) is 23.9 Å². The Hall–Kier alpha value is -0.240. The van der Waals surface area contributed by atoms with Crippen LogP contribution in [0.3, 0.4) is 0 Å². The van der Waals surface area contributed by atoms with E-state index in [1.165, 1.54) is 22.9 Å². The maximum absolute atomic E-state index is 6.66. The second kappa shape index (κ2) is 4.91. The molecule has 0 saturated carbocycles. The van der Waals surface area contributed by atoms with Gasteiger partial charge in [0.05, 0.1) is 5.55 Å². The first kappa shape index (κ1) is 7.76. The van der Waals surface area contributed by atoms with Gasteiger partial charge in [0.15, 0.2) is 0 Å². The van der Waals surface area contributed by atoms with Gasteiger partial charge in [-0.3, -0.25) is 0 Å². The molecule has 0 atom stereocenters. The lowest BCUT2D eigenvalue weighted by atomic mass is 10.3. The third-order valence-corrected chi connectivity index (χ3v) is 1.57. The van der Waals surface area contributed by atoms with Crippen molar-refractivity contribution in [2.24, 2.45) is 0 Å². The third kappa shape index (κ3) is 3.93. The summed E-state index contributed by atoms with van der Waals surface area (Å²) in [5.41, 5.74) is 2.66. The molecule has 0 heterocycles. The van der Waals surface area contributed by atoms with Gasteiger partial charge in [-0.05, 0) is 18.8 Å². The fourth-order valence-electron chi connectivity index (χ4n) is 0.234. The first-order valence-corrected chi connectivity index (χ1v) is 3.55. The molecule has 8 heavy (non-hydrogen) atoms. The molecule has 0 aromatic rings. The summed E-state index contributed by atoms with van der Waals surface area (Å²) in [6.07, 6.45) is 1.08. The van der Waals surface area contributed by atoms with E-state index in [0.717, 1.165) is 6.42 Å². The van der Waals surface area contributed by atoms with Crippen LogP contribution in [-0.2, 0) is 0 Å². The van der Waals surface area contributed by atoms with Crippen LogP contribution < -0.4 is 0 Å². The van der Waals surface area contributed by atoms with Crippen molar-refractivity contribution in [1.29, 1.82) is 5.41 Å². The van der Waals surface area contributed by atoms with Gasteiger partial charge in [0.25, 0.3) is 0 Å². The summed E-state index contributed by atoms with van der Waals surface area (Å²) in [4.78, 5) is 0. The Morgan fingerprint density at radius 3 is 2.75 bits per heavy atom. The van der Waals surface area contributed by atoms with E-state index in [2.05, 4.69) is 13.8 Å². The van der Waals surface area contributed by atoms with Crippen LogP contribution in [0, 0.1) is 5.41 Å². The molecule has 0 unspecified atom stereocenters. The van der Waals surface area contributed by atoms with E-state index in [1.54, 1.807) is 0 Å². The van der Waals surface area contributed by atoms with E-state index in [-0.39, 0.29) is 0 Å². The Morgan fingerprint density at radius 1 is 1.75 bits per heavy atom. The summed E-state index contributed by atoms with van der Waals surface area (Å²) in [6, 6.07) is 0. The minimum Gasteiger partial charge on any atom is -0.302 e. The highest BCUT2D eigenvalue weighted by Gasteiger charge is 1.79. The standard InChI is InChI=1S/C6H11NS/c1-3-6(2)4-8-5-7/h4-5,7H,3H2,1-2H3/b6-4-,7-5?. The Bertz CT molecular complexity index is 96.7. The van der Waals surface area contributed by atoms with Crippen molar-refractivity contribution in [1.82, 2.24) is 0 Å². The van der Waals surface area contributed by atoms with E-state index in [0.29, 0.717) is 0 Å². The summed E-state index contributed by atoms with van der Waals surface area (Å²) in [5, 5.41) is 8.66. The fraction of sp³-hybridized carbons (Fsp3) is 0.500. The maximum Gasteiger partial charge on any atom is 0.0548 e. The highest BCUT2D eigenvalue weighted by Crippen LogP contribution is 2.05. The molecule has 0 radical (unpaired) electrons.